The van der Waals surface area contributed by atoms with Crippen LogP contribution in [0.15, 0.2) is 60.7 Å². The molecule has 0 radical (unpaired) electrons. The molecule has 0 amide bonds. The Kier molecular flexibility index (Phi) is 27.3. The van der Waals surface area contributed by atoms with Crippen molar-refractivity contribution < 1.29 is 63.7 Å². The summed E-state index contributed by atoms with van der Waals surface area (Å²) in [6, 6.07) is 19.5. The molecule has 562 valence electrons. The van der Waals surface area contributed by atoms with Crippen molar-refractivity contribution >= 4 is 23.9 Å². The van der Waals surface area contributed by atoms with Crippen LogP contribution in [0.4, 0.5) is 0 Å². The van der Waals surface area contributed by atoms with E-state index in [1.807, 2.05) is 215 Å². The lowest BCUT2D eigenvalue weighted by Crippen LogP contribution is -2.44. The van der Waals surface area contributed by atoms with Gasteiger partial charge in [-0.2, -0.15) is 0 Å². The van der Waals surface area contributed by atoms with E-state index >= 15 is 0 Å². The summed E-state index contributed by atoms with van der Waals surface area (Å²) in [5, 5.41) is 56.1. The summed E-state index contributed by atoms with van der Waals surface area (Å²) in [6.07, 6.45) is 0.854. The first-order chi connectivity index (χ1) is 45.5. The largest absolute Gasteiger partial charge is 0.507 e. The third kappa shape index (κ3) is 24.6. The second kappa shape index (κ2) is 31.9. The molecule has 5 rings (SSSR count). The topological polar surface area (TPSA) is 206 Å². The number of hydrogen-bond acceptors (Lipinski definition) is 13. The summed E-state index contributed by atoms with van der Waals surface area (Å²) < 4.78 is 24.4. The molecule has 0 aliphatic heterocycles. The molecular weight excluding hydrogens is 1260 g/mol. The number of hydrogen-bond donors (Lipinski definition) is 5. The molecule has 5 aromatic rings. The Labute approximate surface area is 609 Å². The number of carbonyl (C=O) groups excluding carboxylic acids is 4. The number of phenols is 5. The van der Waals surface area contributed by atoms with Crippen LogP contribution in [0.3, 0.4) is 0 Å². The Morgan fingerprint density at radius 3 is 0.505 bits per heavy atom. The summed E-state index contributed by atoms with van der Waals surface area (Å²) in [4.78, 5) is 56.4. The number of benzene rings is 5. The zero-order chi connectivity index (χ0) is 77.7. The molecular formula is C88H132O13. The van der Waals surface area contributed by atoms with Gasteiger partial charge in [0.1, 0.15) is 60.6 Å². The molecule has 0 fully saturated rings. The van der Waals surface area contributed by atoms with Crippen LogP contribution in [0.5, 0.6) is 28.7 Å². The Bertz CT molecular complexity index is 3140. The molecule has 0 saturated heterocycles. The summed E-state index contributed by atoms with van der Waals surface area (Å²) in [5.41, 5.74) is 7.88. The number of aromatic hydroxyl groups is 5. The maximum Gasteiger partial charge on any atom is 0.306 e. The first-order valence-corrected chi connectivity index (χ1v) is 36.4. The van der Waals surface area contributed by atoms with Gasteiger partial charge in [0.2, 0.25) is 0 Å². The number of ether oxygens (including phenoxy) is 4. The summed E-state index contributed by atoms with van der Waals surface area (Å²) >= 11 is 0. The van der Waals surface area contributed by atoms with Crippen molar-refractivity contribution in [3.63, 3.8) is 0 Å². The first-order valence-electron chi connectivity index (χ1n) is 36.4. The number of carbonyl (C=O) groups is 4. The van der Waals surface area contributed by atoms with Gasteiger partial charge in [0, 0.05) is 25.7 Å². The SMILES string of the molecule is CC(C)(C)c1cc(CCC(=O)OCC(COC(=O)CCc2cc(C(C)(C)C)c(O)c(C(C)(C)C)c2)(COC(=O)CCc2cc(C(C)(C)C)c(O)c(C(C)(C)C)c2)COC(=O)CCc2cc(C(C)(C)C)c(O)c(C(C)(C)C)c2)cc(C(C)(C)C)c1O.Cc1cc(C(C)(C)C)c(O)c(C(C)(C)C)c1. The molecule has 0 heterocycles. The van der Waals surface area contributed by atoms with Crippen LogP contribution in [0, 0.1) is 12.3 Å². The number of phenolic OH excluding ortho intramolecular Hbond substituents is 5. The van der Waals surface area contributed by atoms with Crippen LogP contribution < -0.4 is 0 Å². The third-order valence-corrected chi connectivity index (χ3v) is 18.6. The van der Waals surface area contributed by atoms with Gasteiger partial charge in [0.25, 0.3) is 0 Å². The first kappa shape index (κ1) is 86.4. The molecule has 0 aliphatic carbocycles. The van der Waals surface area contributed by atoms with E-state index in [0.717, 1.165) is 77.9 Å². The Balaban J connectivity index is 0.00000118. The number of esters is 4. The van der Waals surface area contributed by atoms with Crippen LogP contribution in [-0.2, 0) is 118 Å². The summed E-state index contributed by atoms with van der Waals surface area (Å²) in [6.45, 7) is 61.6. The molecule has 0 saturated carbocycles. The lowest BCUT2D eigenvalue weighted by atomic mass is 9.78. The highest BCUT2D eigenvalue weighted by Crippen LogP contribution is 2.46. The molecule has 0 bridgehead atoms. The summed E-state index contributed by atoms with van der Waals surface area (Å²) in [7, 11) is 0. The highest BCUT2D eigenvalue weighted by molar-refractivity contribution is 5.72. The van der Waals surface area contributed by atoms with Gasteiger partial charge in [0.15, 0.2) is 0 Å². The highest BCUT2D eigenvalue weighted by Gasteiger charge is 2.39. The lowest BCUT2D eigenvalue weighted by molar-refractivity contribution is -0.170. The molecule has 13 nitrogen and oxygen atoms in total. The number of aryl methyl sites for hydroxylation is 5. The van der Waals surface area contributed by atoms with Gasteiger partial charge in [-0.1, -0.05) is 274 Å². The van der Waals surface area contributed by atoms with Crippen molar-refractivity contribution in [2.24, 2.45) is 5.41 Å². The van der Waals surface area contributed by atoms with Crippen molar-refractivity contribution in [2.75, 3.05) is 26.4 Å². The average Bonchev–Trinajstić information content (AvgIpc) is 0.811. The zero-order valence-corrected chi connectivity index (χ0v) is 68.3. The van der Waals surface area contributed by atoms with Gasteiger partial charge >= 0.3 is 23.9 Å². The van der Waals surface area contributed by atoms with E-state index in [1.54, 1.807) is 0 Å². The minimum Gasteiger partial charge on any atom is -0.507 e. The lowest BCUT2D eigenvalue weighted by Gasteiger charge is -2.32. The monoisotopic (exact) mass is 1400 g/mol. The van der Waals surface area contributed by atoms with Gasteiger partial charge in [-0.05, 0) is 165 Å². The molecule has 101 heavy (non-hydrogen) atoms. The molecule has 0 aliphatic rings. The van der Waals surface area contributed by atoms with Crippen LogP contribution in [0.2, 0.25) is 0 Å². The molecule has 0 unspecified atom stereocenters. The Morgan fingerprint density at radius 2 is 0.376 bits per heavy atom. The molecule has 0 aromatic heterocycles. The fraction of sp³-hybridized carbons (Fsp3) is 0.614. The minimum atomic E-state index is -1.58. The van der Waals surface area contributed by atoms with Gasteiger partial charge in [0.05, 0.1) is 0 Å². The second-order valence-electron chi connectivity index (χ2n) is 39.0. The van der Waals surface area contributed by atoms with Crippen molar-refractivity contribution in [3.05, 3.63) is 144 Å². The molecule has 5 N–H and O–H groups in total. The smallest absolute Gasteiger partial charge is 0.306 e. The predicted molar refractivity (Wildman–Crippen MR) is 412 cm³/mol. The molecule has 0 atom stereocenters. The zero-order valence-electron chi connectivity index (χ0n) is 68.3. The molecule has 13 heteroatoms. The van der Waals surface area contributed by atoms with Crippen LogP contribution in [-0.4, -0.2) is 75.8 Å². The Hall–Kier alpha value is -7.02. The molecule has 0 spiro atoms. The van der Waals surface area contributed by atoms with Gasteiger partial charge in [-0.25, -0.2) is 0 Å². The van der Waals surface area contributed by atoms with Crippen molar-refractivity contribution in [3.8, 4) is 28.7 Å². The quantitative estimate of drug-likeness (QED) is 0.0364. The highest BCUT2D eigenvalue weighted by atomic mass is 16.6. The Morgan fingerprint density at radius 1 is 0.248 bits per heavy atom. The third-order valence-electron chi connectivity index (χ3n) is 18.6. The van der Waals surface area contributed by atoms with E-state index in [4.69, 9.17) is 18.9 Å². The van der Waals surface area contributed by atoms with Crippen molar-refractivity contribution in [2.45, 2.75) is 320 Å². The molecule has 5 aromatic carbocycles. The maximum atomic E-state index is 14.1. The van der Waals surface area contributed by atoms with Gasteiger partial charge in [-0.15, -0.1) is 0 Å². The van der Waals surface area contributed by atoms with E-state index in [1.165, 1.54) is 5.56 Å². The van der Waals surface area contributed by atoms with Crippen LogP contribution in [0.1, 0.15) is 317 Å². The van der Waals surface area contributed by atoms with Crippen molar-refractivity contribution in [1.82, 2.24) is 0 Å². The van der Waals surface area contributed by atoms with E-state index in [0.29, 0.717) is 5.75 Å². The van der Waals surface area contributed by atoms with Gasteiger partial charge < -0.3 is 44.5 Å². The predicted octanol–water partition coefficient (Wildman–Crippen LogP) is 20.2. The summed E-state index contributed by atoms with van der Waals surface area (Å²) in [5.74, 6) is -1.03. The van der Waals surface area contributed by atoms with E-state index < -0.39 is 99.0 Å². The fourth-order valence-electron chi connectivity index (χ4n) is 12.3. The number of rotatable bonds is 20. The fourth-order valence-corrected chi connectivity index (χ4v) is 12.3. The van der Waals surface area contributed by atoms with Crippen molar-refractivity contribution in [1.29, 1.82) is 0 Å². The van der Waals surface area contributed by atoms with E-state index in [9.17, 15) is 44.7 Å². The van der Waals surface area contributed by atoms with Gasteiger partial charge in [-0.3, -0.25) is 19.2 Å². The van der Waals surface area contributed by atoms with Crippen LogP contribution in [0.25, 0.3) is 0 Å². The minimum absolute atomic E-state index is 0.0178. The second-order valence-corrected chi connectivity index (χ2v) is 39.0. The van der Waals surface area contributed by atoms with E-state index in [-0.39, 0.29) is 85.2 Å². The van der Waals surface area contributed by atoms with Crippen LogP contribution >= 0.6 is 0 Å². The van der Waals surface area contributed by atoms with E-state index in [2.05, 4.69) is 60.6 Å². The standard InChI is InChI=1S/C73H108O12.C15H24O/c1-65(2,3)49-33-45(34-50(61(49)78)66(4,5)6)25-29-57(74)82-41-73(42-83-58(75)30-26-46-35-51(67(7,8)9)62(79)52(36-46)68(10,11)12,43-84-59(76)31-27-47-37-53(69(13,14)15)63(80)54(38-47)70(16,17)18)44-85-60(77)32-28-48-39-55(71(19,20)21)64(81)56(40-48)72(22,23)24;1-10-8-11(14(2,3)4)13(16)12(9-10)15(5,6)7/h33-40,78-81H,25-32,41-44H2,1-24H3;8-9,16H,1-7H3. The normalized spacial score (nSPS) is 13.1. The average molecular weight is 1400 g/mol. The maximum absolute atomic E-state index is 14.1.